The Morgan fingerprint density at radius 3 is 3.00 bits per heavy atom. The smallest absolute Gasteiger partial charge is 0.257 e. The van der Waals surface area contributed by atoms with Gasteiger partial charge in [-0.05, 0) is 26.1 Å². The molecule has 0 unspecified atom stereocenters. The maximum absolute atomic E-state index is 11.4. The lowest BCUT2D eigenvalue weighted by Crippen LogP contribution is -2.29. The molecule has 6 heteroatoms. The molecule has 0 fully saturated rings. The number of aromatic nitrogens is 1. The first kappa shape index (κ1) is 14.9. The van der Waals surface area contributed by atoms with Crippen LogP contribution in [0.15, 0.2) is 12.1 Å². The predicted molar refractivity (Wildman–Crippen MR) is 70.5 cm³/mol. The molecule has 2 N–H and O–H groups in total. The van der Waals surface area contributed by atoms with Crippen LogP contribution in [-0.4, -0.2) is 31.1 Å². The van der Waals surface area contributed by atoms with Crippen molar-refractivity contribution in [2.75, 3.05) is 20.2 Å². The molecule has 1 aromatic heterocycles. The molecule has 1 heterocycles. The number of carbonyl (C=O) groups is 1. The highest BCUT2D eigenvalue weighted by Gasteiger charge is 2.07. The zero-order chi connectivity index (χ0) is 14.1. The average Bonchev–Trinajstić information content (AvgIpc) is 2.38. The van der Waals surface area contributed by atoms with Gasteiger partial charge in [0.1, 0.15) is 5.75 Å². The van der Waals surface area contributed by atoms with Crippen molar-refractivity contribution < 1.29 is 9.53 Å². The van der Waals surface area contributed by atoms with Gasteiger partial charge >= 0.3 is 0 Å². The van der Waals surface area contributed by atoms with Gasteiger partial charge in [-0.25, -0.2) is 0 Å². The van der Waals surface area contributed by atoms with E-state index in [2.05, 4.69) is 15.6 Å². The molecule has 0 aliphatic carbocycles. The average molecular weight is 262 g/mol. The molecule has 0 saturated carbocycles. The summed E-state index contributed by atoms with van der Waals surface area (Å²) in [5, 5.41) is 14.0. The number of hydrogen-bond acceptors (Lipinski definition) is 5. The summed E-state index contributed by atoms with van der Waals surface area (Å²) in [5.41, 5.74) is 1.67. The van der Waals surface area contributed by atoms with Crippen LogP contribution in [-0.2, 0) is 11.3 Å². The first-order valence-corrected chi connectivity index (χ1v) is 6.05. The number of amides is 1. The fourth-order valence-electron chi connectivity index (χ4n) is 1.48. The Bertz CT molecular complexity index is 468. The molecule has 0 saturated heterocycles. The Hall–Kier alpha value is -2.13. The molecule has 0 bridgehead atoms. The Morgan fingerprint density at radius 2 is 2.32 bits per heavy atom. The summed E-state index contributed by atoms with van der Waals surface area (Å²) in [6, 6.07) is 5.59. The van der Waals surface area contributed by atoms with Crippen LogP contribution in [0.2, 0.25) is 0 Å². The normalized spacial score (nSPS) is 9.74. The van der Waals surface area contributed by atoms with Crippen molar-refractivity contribution in [3.05, 3.63) is 23.5 Å². The second-order valence-electron chi connectivity index (χ2n) is 3.97. The Balaban J connectivity index is 2.52. The van der Waals surface area contributed by atoms with E-state index in [-0.39, 0.29) is 12.5 Å². The molecule has 0 aliphatic rings. The first-order chi connectivity index (χ1) is 9.17. The van der Waals surface area contributed by atoms with Crippen molar-refractivity contribution in [1.29, 1.82) is 5.26 Å². The number of rotatable bonds is 7. The van der Waals surface area contributed by atoms with E-state index >= 15 is 0 Å². The van der Waals surface area contributed by atoms with E-state index in [0.717, 1.165) is 11.4 Å². The fourth-order valence-corrected chi connectivity index (χ4v) is 1.48. The third kappa shape index (κ3) is 5.36. The predicted octanol–water partition coefficient (Wildman–Crippen LogP) is 0.518. The van der Waals surface area contributed by atoms with E-state index in [0.29, 0.717) is 25.3 Å². The van der Waals surface area contributed by atoms with Gasteiger partial charge in [-0.3, -0.25) is 9.78 Å². The zero-order valence-corrected chi connectivity index (χ0v) is 11.2. The molecule has 102 valence electrons. The van der Waals surface area contributed by atoms with E-state index in [9.17, 15) is 4.79 Å². The van der Waals surface area contributed by atoms with Crippen molar-refractivity contribution in [1.82, 2.24) is 15.6 Å². The minimum atomic E-state index is -0.244. The van der Waals surface area contributed by atoms with Crippen molar-refractivity contribution in [3.8, 4) is 11.8 Å². The Morgan fingerprint density at radius 1 is 1.53 bits per heavy atom. The largest absolute Gasteiger partial charge is 0.482 e. The lowest BCUT2D eigenvalue weighted by atomic mass is 10.3. The summed E-state index contributed by atoms with van der Waals surface area (Å²) in [7, 11) is 1.82. The third-order valence-electron chi connectivity index (χ3n) is 2.33. The van der Waals surface area contributed by atoms with Crippen LogP contribution >= 0.6 is 0 Å². The van der Waals surface area contributed by atoms with Gasteiger partial charge in [-0.1, -0.05) is 0 Å². The molecule has 0 aromatic carbocycles. The summed E-state index contributed by atoms with van der Waals surface area (Å²) in [6.07, 6.45) is 0.294. The summed E-state index contributed by atoms with van der Waals surface area (Å²) >= 11 is 0. The lowest BCUT2D eigenvalue weighted by molar-refractivity contribution is -0.123. The highest BCUT2D eigenvalue weighted by Crippen LogP contribution is 2.16. The van der Waals surface area contributed by atoms with Crippen molar-refractivity contribution in [2.24, 2.45) is 0 Å². The van der Waals surface area contributed by atoms with Crippen LogP contribution in [0, 0.1) is 18.3 Å². The molecule has 0 spiro atoms. The van der Waals surface area contributed by atoms with Crippen molar-refractivity contribution in [3.63, 3.8) is 0 Å². The molecule has 19 heavy (non-hydrogen) atoms. The summed E-state index contributed by atoms with van der Waals surface area (Å²) in [4.78, 5) is 15.8. The highest BCUT2D eigenvalue weighted by molar-refractivity contribution is 5.77. The van der Waals surface area contributed by atoms with E-state index in [1.807, 2.05) is 26.1 Å². The highest BCUT2D eigenvalue weighted by atomic mass is 16.5. The van der Waals surface area contributed by atoms with Crippen LogP contribution in [0.4, 0.5) is 0 Å². The van der Waals surface area contributed by atoms with E-state index in [1.165, 1.54) is 0 Å². The van der Waals surface area contributed by atoms with Crippen molar-refractivity contribution in [2.45, 2.75) is 19.9 Å². The van der Waals surface area contributed by atoms with E-state index < -0.39 is 0 Å². The number of nitrogens with one attached hydrogen (secondary N) is 2. The first-order valence-electron chi connectivity index (χ1n) is 6.05. The van der Waals surface area contributed by atoms with Gasteiger partial charge in [0.15, 0.2) is 6.61 Å². The number of aryl methyl sites for hydroxylation is 1. The van der Waals surface area contributed by atoms with E-state index in [4.69, 9.17) is 10.00 Å². The molecule has 0 atom stereocenters. The van der Waals surface area contributed by atoms with Gasteiger partial charge in [0, 0.05) is 18.8 Å². The fraction of sp³-hybridized carbons (Fsp3) is 0.462. The maximum Gasteiger partial charge on any atom is 0.257 e. The topological polar surface area (TPSA) is 87.0 Å². The number of ether oxygens (including phenoxy) is 1. The minimum Gasteiger partial charge on any atom is -0.482 e. The lowest BCUT2D eigenvalue weighted by Gasteiger charge is -2.11. The SMILES string of the molecule is CNCc1nc(C)ccc1OCC(=O)NCCC#N. The van der Waals surface area contributed by atoms with Crippen LogP contribution in [0.3, 0.4) is 0 Å². The molecule has 6 nitrogen and oxygen atoms in total. The third-order valence-corrected chi connectivity index (χ3v) is 2.33. The quantitative estimate of drug-likeness (QED) is 0.699. The number of hydrogen-bond donors (Lipinski definition) is 2. The Kier molecular flexibility index (Phi) is 6.33. The van der Waals surface area contributed by atoms with Gasteiger partial charge < -0.3 is 15.4 Å². The maximum atomic E-state index is 11.4. The molecule has 1 rings (SSSR count). The summed E-state index contributed by atoms with van der Waals surface area (Å²) < 4.78 is 5.44. The number of nitriles is 1. The van der Waals surface area contributed by atoms with Crippen LogP contribution < -0.4 is 15.4 Å². The van der Waals surface area contributed by atoms with Gasteiger partial charge in [0.05, 0.1) is 18.2 Å². The minimum absolute atomic E-state index is 0.0765. The standard InChI is InChI=1S/C13H18N4O2/c1-10-4-5-12(11(17-10)8-15-2)19-9-13(18)16-7-3-6-14/h4-5,15H,3,7-9H2,1-2H3,(H,16,18). The van der Waals surface area contributed by atoms with Gasteiger partial charge in [0.25, 0.3) is 5.91 Å². The van der Waals surface area contributed by atoms with E-state index in [1.54, 1.807) is 6.07 Å². The molecule has 1 amide bonds. The molecular formula is C13H18N4O2. The zero-order valence-electron chi connectivity index (χ0n) is 11.2. The second kappa shape index (κ2) is 8.06. The molecular weight excluding hydrogens is 244 g/mol. The Labute approximate surface area is 112 Å². The molecule has 0 aliphatic heterocycles. The van der Waals surface area contributed by atoms with Gasteiger partial charge in [0.2, 0.25) is 0 Å². The van der Waals surface area contributed by atoms with Gasteiger partial charge in [-0.15, -0.1) is 0 Å². The summed E-state index contributed by atoms with van der Waals surface area (Å²) in [5.74, 6) is 0.349. The van der Waals surface area contributed by atoms with Crippen molar-refractivity contribution >= 4 is 5.91 Å². The molecule has 0 radical (unpaired) electrons. The second-order valence-corrected chi connectivity index (χ2v) is 3.97. The number of carbonyl (C=O) groups excluding carboxylic acids is 1. The van der Waals surface area contributed by atoms with Crippen LogP contribution in [0.25, 0.3) is 0 Å². The monoisotopic (exact) mass is 262 g/mol. The van der Waals surface area contributed by atoms with Crippen LogP contribution in [0.5, 0.6) is 5.75 Å². The summed E-state index contributed by atoms with van der Waals surface area (Å²) in [6.45, 7) is 2.74. The van der Waals surface area contributed by atoms with Gasteiger partial charge in [-0.2, -0.15) is 5.26 Å². The number of pyridine rings is 1. The molecule has 1 aromatic rings. The van der Waals surface area contributed by atoms with Crippen LogP contribution in [0.1, 0.15) is 17.8 Å². The number of nitrogens with zero attached hydrogens (tertiary/aromatic N) is 2.